The van der Waals surface area contributed by atoms with E-state index in [1.165, 1.54) is 5.56 Å². The summed E-state index contributed by atoms with van der Waals surface area (Å²) < 4.78 is 5.87. The van der Waals surface area contributed by atoms with Gasteiger partial charge in [-0.25, -0.2) is 0 Å². The summed E-state index contributed by atoms with van der Waals surface area (Å²) in [6.45, 7) is 2.10. The van der Waals surface area contributed by atoms with Gasteiger partial charge in [0.25, 0.3) is 5.91 Å². The van der Waals surface area contributed by atoms with Crippen molar-refractivity contribution in [3.8, 4) is 5.75 Å². The van der Waals surface area contributed by atoms with Gasteiger partial charge in [-0.2, -0.15) is 0 Å². The van der Waals surface area contributed by atoms with E-state index in [9.17, 15) is 4.79 Å². The van der Waals surface area contributed by atoms with Crippen LogP contribution < -0.4 is 10.1 Å². The van der Waals surface area contributed by atoms with Crippen LogP contribution in [0.25, 0.3) is 0 Å². The Morgan fingerprint density at radius 3 is 3.00 bits per heavy atom. The first-order chi connectivity index (χ1) is 10.2. The molecule has 3 heteroatoms. The van der Waals surface area contributed by atoms with E-state index in [1.807, 2.05) is 30.4 Å². The van der Waals surface area contributed by atoms with Crippen molar-refractivity contribution >= 4 is 5.91 Å². The molecule has 1 aliphatic heterocycles. The molecule has 3 rings (SSSR count). The van der Waals surface area contributed by atoms with Gasteiger partial charge in [-0.05, 0) is 37.3 Å². The summed E-state index contributed by atoms with van der Waals surface area (Å²) >= 11 is 0. The number of hydrogen-bond acceptors (Lipinski definition) is 2. The Balaban J connectivity index is 1.69. The molecule has 0 spiro atoms. The van der Waals surface area contributed by atoms with Gasteiger partial charge in [0.05, 0.1) is 5.54 Å². The number of allylic oxidation sites excluding steroid dienone is 2. The van der Waals surface area contributed by atoms with Crippen molar-refractivity contribution in [3.63, 3.8) is 0 Å². The second-order valence-corrected chi connectivity index (χ2v) is 5.74. The molecule has 110 valence electrons. The first kappa shape index (κ1) is 13.9. The van der Waals surface area contributed by atoms with Crippen LogP contribution in [-0.4, -0.2) is 17.6 Å². The number of ether oxygens (including phenoxy) is 1. The molecule has 0 bridgehead atoms. The first-order valence-electron chi connectivity index (χ1n) is 7.63. The maximum atomic E-state index is 12.5. The second-order valence-electron chi connectivity index (χ2n) is 5.74. The lowest BCUT2D eigenvalue weighted by atomic mass is 9.88. The highest BCUT2D eigenvalue weighted by Crippen LogP contribution is 2.28. The third-order valence-electron chi connectivity index (χ3n) is 4.36. The van der Waals surface area contributed by atoms with E-state index >= 15 is 0 Å². The smallest absolute Gasteiger partial charge is 0.261 e. The fourth-order valence-corrected chi connectivity index (χ4v) is 2.94. The molecule has 1 aliphatic carbocycles. The number of benzene rings is 1. The molecule has 1 heterocycles. The van der Waals surface area contributed by atoms with Crippen molar-refractivity contribution in [2.75, 3.05) is 0 Å². The highest BCUT2D eigenvalue weighted by Gasteiger charge is 2.32. The summed E-state index contributed by atoms with van der Waals surface area (Å²) in [6, 6.07) is 7.95. The summed E-state index contributed by atoms with van der Waals surface area (Å²) in [5, 5.41) is 3.18. The Morgan fingerprint density at radius 1 is 1.38 bits per heavy atom. The van der Waals surface area contributed by atoms with Crippen LogP contribution in [-0.2, 0) is 11.2 Å². The van der Waals surface area contributed by atoms with Crippen molar-refractivity contribution in [1.29, 1.82) is 0 Å². The highest BCUT2D eigenvalue weighted by atomic mass is 16.5. The average molecular weight is 283 g/mol. The number of rotatable bonds is 3. The molecular formula is C18H21NO2. The predicted octanol–water partition coefficient (Wildman–Crippen LogP) is 3.16. The van der Waals surface area contributed by atoms with Gasteiger partial charge >= 0.3 is 0 Å². The SMILES string of the molecule is CC[C@]1(NC(=O)C2CCc3ccccc3O2)C=CC=CC1. The second kappa shape index (κ2) is 5.76. The van der Waals surface area contributed by atoms with E-state index in [2.05, 4.69) is 30.5 Å². The van der Waals surface area contributed by atoms with E-state index in [1.54, 1.807) is 0 Å². The lowest BCUT2D eigenvalue weighted by molar-refractivity contribution is -0.130. The summed E-state index contributed by atoms with van der Waals surface area (Å²) in [5.74, 6) is 0.833. The summed E-state index contributed by atoms with van der Waals surface area (Å²) in [4.78, 5) is 12.5. The molecule has 1 amide bonds. The molecule has 1 unspecified atom stereocenters. The minimum atomic E-state index is -0.386. The van der Waals surface area contributed by atoms with Crippen molar-refractivity contribution in [2.45, 2.75) is 44.2 Å². The van der Waals surface area contributed by atoms with Crippen molar-refractivity contribution in [3.05, 3.63) is 54.1 Å². The molecule has 0 saturated carbocycles. The largest absolute Gasteiger partial charge is 0.480 e. The Bertz CT molecular complexity index is 591. The molecule has 1 aromatic rings. The van der Waals surface area contributed by atoms with E-state index < -0.39 is 0 Å². The molecule has 2 atom stereocenters. The maximum absolute atomic E-state index is 12.5. The van der Waals surface area contributed by atoms with Gasteiger partial charge in [0.15, 0.2) is 6.10 Å². The molecule has 1 aromatic carbocycles. The molecule has 2 aliphatic rings. The normalized spacial score (nSPS) is 26.8. The lowest BCUT2D eigenvalue weighted by Crippen LogP contribution is -2.52. The molecule has 0 radical (unpaired) electrons. The van der Waals surface area contributed by atoms with E-state index in [4.69, 9.17) is 4.74 Å². The van der Waals surface area contributed by atoms with Crippen LogP contribution in [0.3, 0.4) is 0 Å². The Hall–Kier alpha value is -2.03. The number of carbonyl (C=O) groups is 1. The van der Waals surface area contributed by atoms with Crippen LogP contribution in [0.15, 0.2) is 48.6 Å². The fourth-order valence-electron chi connectivity index (χ4n) is 2.94. The topological polar surface area (TPSA) is 38.3 Å². The Labute approximate surface area is 125 Å². The summed E-state index contributed by atoms with van der Waals surface area (Å²) in [5.41, 5.74) is 0.929. The van der Waals surface area contributed by atoms with E-state index in [0.717, 1.165) is 31.4 Å². The zero-order valence-electron chi connectivity index (χ0n) is 12.3. The first-order valence-corrected chi connectivity index (χ1v) is 7.63. The van der Waals surface area contributed by atoms with Gasteiger partial charge in [0.2, 0.25) is 0 Å². The number of carbonyl (C=O) groups excluding carboxylic acids is 1. The van der Waals surface area contributed by atoms with E-state index in [0.29, 0.717) is 0 Å². The number of amides is 1. The molecule has 0 aromatic heterocycles. The highest BCUT2D eigenvalue weighted by molar-refractivity contribution is 5.82. The molecule has 0 fully saturated rings. The fraction of sp³-hybridized carbons (Fsp3) is 0.389. The number of aryl methyl sites for hydroxylation is 1. The minimum Gasteiger partial charge on any atom is -0.480 e. The number of nitrogens with one attached hydrogen (secondary N) is 1. The molecule has 3 nitrogen and oxygen atoms in total. The summed E-state index contributed by atoms with van der Waals surface area (Å²) in [7, 11) is 0. The third kappa shape index (κ3) is 2.87. The van der Waals surface area contributed by atoms with Crippen molar-refractivity contribution < 1.29 is 9.53 Å². The third-order valence-corrected chi connectivity index (χ3v) is 4.36. The number of para-hydroxylation sites is 1. The lowest BCUT2D eigenvalue weighted by Gasteiger charge is -2.34. The quantitative estimate of drug-likeness (QED) is 0.925. The summed E-state index contributed by atoms with van der Waals surface area (Å²) in [6.07, 6.45) is 11.2. The number of hydrogen-bond donors (Lipinski definition) is 1. The van der Waals surface area contributed by atoms with Crippen LogP contribution in [0.4, 0.5) is 0 Å². The molecular weight excluding hydrogens is 262 g/mol. The monoisotopic (exact) mass is 283 g/mol. The van der Waals surface area contributed by atoms with Gasteiger partial charge < -0.3 is 10.1 Å². The average Bonchev–Trinajstić information content (AvgIpc) is 2.55. The van der Waals surface area contributed by atoms with Crippen LogP contribution in [0.2, 0.25) is 0 Å². The Morgan fingerprint density at radius 2 is 2.24 bits per heavy atom. The van der Waals surface area contributed by atoms with Gasteiger partial charge in [-0.1, -0.05) is 49.4 Å². The van der Waals surface area contributed by atoms with Crippen LogP contribution in [0.1, 0.15) is 31.7 Å². The van der Waals surface area contributed by atoms with Gasteiger partial charge in [-0.15, -0.1) is 0 Å². The maximum Gasteiger partial charge on any atom is 0.261 e. The molecule has 1 N–H and O–H groups in total. The molecule has 0 saturated heterocycles. The predicted molar refractivity (Wildman–Crippen MR) is 83.2 cm³/mol. The van der Waals surface area contributed by atoms with Crippen LogP contribution in [0, 0.1) is 0 Å². The number of fused-ring (bicyclic) bond motifs is 1. The Kier molecular flexibility index (Phi) is 3.82. The zero-order valence-corrected chi connectivity index (χ0v) is 12.3. The van der Waals surface area contributed by atoms with Gasteiger partial charge in [0, 0.05) is 0 Å². The molecule has 21 heavy (non-hydrogen) atoms. The van der Waals surface area contributed by atoms with Gasteiger partial charge in [0.1, 0.15) is 5.75 Å². The van der Waals surface area contributed by atoms with Crippen LogP contribution >= 0.6 is 0 Å². The van der Waals surface area contributed by atoms with Crippen LogP contribution in [0.5, 0.6) is 5.75 Å². The standard InChI is InChI=1S/C18H21NO2/c1-2-18(12-6-3-7-13-18)19-17(20)16-11-10-14-8-4-5-9-15(14)21-16/h3-9,12,16H,2,10-11,13H2,1H3,(H,19,20)/t16?,18-/m0/s1. The van der Waals surface area contributed by atoms with Crippen molar-refractivity contribution in [1.82, 2.24) is 5.32 Å². The van der Waals surface area contributed by atoms with Crippen molar-refractivity contribution in [2.24, 2.45) is 0 Å². The zero-order chi connectivity index (χ0) is 14.7. The van der Waals surface area contributed by atoms with E-state index in [-0.39, 0.29) is 17.6 Å². The van der Waals surface area contributed by atoms with Gasteiger partial charge in [-0.3, -0.25) is 4.79 Å². The minimum absolute atomic E-state index is 0.00805.